The number of hydrogen-bond acceptors (Lipinski definition) is 3. The van der Waals surface area contributed by atoms with E-state index in [1.54, 1.807) is 26.8 Å². The predicted octanol–water partition coefficient (Wildman–Crippen LogP) is 3.27. The third kappa shape index (κ3) is 2.97. The second kappa shape index (κ2) is 5.35. The zero-order valence-corrected chi connectivity index (χ0v) is 13.1. The van der Waals surface area contributed by atoms with Gasteiger partial charge in [-0.25, -0.2) is 12.8 Å². The molecule has 0 saturated heterocycles. The molecule has 0 fully saturated rings. The van der Waals surface area contributed by atoms with Crippen molar-refractivity contribution in [1.29, 1.82) is 0 Å². The van der Waals surface area contributed by atoms with E-state index in [9.17, 15) is 12.8 Å². The van der Waals surface area contributed by atoms with E-state index in [1.807, 2.05) is 12.1 Å². The van der Waals surface area contributed by atoms with E-state index in [0.717, 1.165) is 24.2 Å². The van der Waals surface area contributed by atoms with Crippen LogP contribution in [0.15, 0.2) is 18.2 Å². The molecule has 0 amide bonds. The predicted molar refractivity (Wildman–Crippen MR) is 80.6 cm³/mol. The maximum Gasteiger partial charge on any atom is 0.155 e. The molecule has 3 nitrogen and oxygen atoms in total. The summed E-state index contributed by atoms with van der Waals surface area (Å²) in [5, 5.41) is 3.19. The Bertz CT molecular complexity index is 590. The highest BCUT2D eigenvalue weighted by atomic mass is 32.2. The maximum absolute atomic E-state index is 14.4. The summed E-state index contributed by atoms with van der Waals surface area (Å²) in [5.74, 6) is -0.124. The van der Waals surface area contributed by atoms with E-state index in [2.05, 4.69) is 5.32 Å². The molecular formula is C15H22FNO2S. The monoisotopic (exact) mass is 299 g/mol. The number of alkyl halides is 1. The highest BCUT2D eigenvalue weighted by molar-refractivity contribution is 7.92. The first-order valence-corrected chi connectivity index (χ1v) is 8.59. The van der Waals surface area contributed by atoms with Crippen LogP contribution in [0.25, 0.3) is 0 Å². The van der Waals surface area contributed by atoms with Gasteiger partial charge in [0.25, 0.3) is 0 Å². The van der Waals surface area contributed by atoms with Crippen molar-refractivity contribution in [3.8, 4) is 0 Å². The van der Waals surface area contributed by atoms with Crippen LogP contribution in [0.5, 0.6) is 0 Å². The molecule has 20 heavy (non-hydrogen) atoms. The van der Waals surface area contributed by atoms with Gasteiger partial charge >= 0.3 is 0 Å². The highest BCUT2D eigenvalue weighted by Crippen LogP contribution is 2.34. The van der Waals surface area contributed by atoms with Crippen LogP contribution >= 0.6 is 0 Å². The molecule has 1 heterocycles. The molecule has 1 unspecified atom stereocenters. The van der Waals surface area contributed by atoms with Crippen molar-refractivity contribution in [2.75, 3.05) is 17.6 Å². The van der Waals surface area contributed by atoms with Crippen LogP contribution in [0, 0.1) is 0 Å². The van der Waals surface area contributed by atoms with Crippen LogP contribution < -0.4 is 5.32 Å². The number of benzene rings is 1. The van der Waals surface area contributed by atoms with Gasteiger partial charge in [0.1, 0.15) is 6.17 Å². The van der Waals surface area contributed by atoms with Gasteiger partial charge in [0.2, 0.25) is 0 Å². The van der Waals surface area contributed by atoms with E-state index in [0.29, 0.717) is 5.56 Å². The number of fused-ring (bicyclic) bond motifs is 1. The Kier molecular flexibility index (Phi) is 4.09. The summed E-state index contributed by atoms with van der Waals surface area (Å²) < 4.78 is 37.7. The molecule has 1 N–H and O–H groups in total. The molecule has 1 atom stereocenters. The molecule has 0 aliphatic carbocycles. The molecule has 0 saturated carbocycles. The van der Waals surface area contributed by atoms with Crippen LogP contribution in [0.3, 0.4) is 0 Å². The molecule has 0 spiro atoms. The van der Waals surface area contributed by atoms with Crippen LogP contribution in [-0.4, -0.2) is 25.5 Å². The minimum atomic E-state index is -3.28. The van der Waals surface area contributed by atoms with Crippen molar-refractivity contribution in [2.24, 2.45) is 0 Å². The summed E-state index contributed by atoms with van der Waals surface area (Å²) in [6.45, 7) is 5.77. The van der Waals surface area contributed by atoms with Gasteiger partial charge < -0.3 is 5.32 Å². The van der Waals surface area contributed by atoms with Crippen molar-refractivity contribution in [3.63, 3.8) is 0 Å². The average molecular weight is 299 g/mol. The van der Waals surface area contributed by atoms with Gasteiger partial charge in [-0.15, -0.1) is 0 Å². The number of para-hydroxylation sites is 1. The lowest BCUT2D eigenvalue weighted by Crippen LogP contribution is -2.30. The van der Waals surface area contributed by atoms with Gasteiger partial charge in [-0.2, -0.15) is 0 Å². The average Bonchev–Trinajstić information content (AvgIpc) is 2.82. The van der Waals surface area contributed by atoms with Gasteiger partial charge in [-0.1, -0.05) is 18.2 Å². The standard InChI is InChI=1S/C15H22FNO2S/c1-15(2,3)20(18,19)10-8-13(16)12-6-4-5-11-7-9-17-14(11)12/h4-6,13,17H,7-10H2,1-3H3. The minimum absolute atomic E-state index is 0.0116. The second-order valence-electron chi connectivity index (χ2n) is 6.25. The van der Waals surface area contributed by atoms with Crippen LogP contribution in [0.2, 0.25) is 0 Å². The number of anilines is 1. The third-order valence-corrected chi connectivity index (χ3v) is 6.43. The lowest BCUT2D eigenvalue weighted by molar-refractivity contribution is 0.335. The number of nitrogens with one attached hydrogen (secondary N) is 1. The lowest BCUT2D eigenvalue weighted by Gasteiger charge is -2.20. The van der Waals surface area contributed by atoms with Crippen molar-refractivity contribution in [1.82, 2.24) is 0 Å². The largest absolute Gasteiger partial charge is 0.384 e. The van der Waals surface area contributed by atoms with Crippen LogP contribution in [0.1, 0.15) is 44.5 Å². The Balaban J connectivity index is 2.11. The number of hydrogen-bond donors (Lipinski definition) is 1. The summed E-state index contributed by atoms with van der Waals surface area (Å²) in [6, 6.07) is 5.56. The molecule has 1 aliphatic rings. The van der Waals surface area contributed by atoms with Gasteiger partial charge in [-0.3, -0.25) is 0 Å². The Labute approximate surface area is 120 Å². The molecule has 1 aliphatic heterocycles. The summed E-state index contributed by atoms with van der Waals surface area (Å²) in [4.78, 5) is 0. The van der Waals surface area contributed by atoms with Crippen LogP contribution in [-0.2, 0) is 16.3 Å². The van der Waals surface area contributed by atoms with Crippen molar-refractivity contribution >= 4 is 15.5 Å². The summed E-state index contributed by atoms with van der Waals surface area (Å²) >= 11 is 0. The van der Waals surface area contributed by atoms with Gasteiger partial charge in [0.15, 0.2) is 9.84 Å². The smallest absolute Gasteiger partial charge is 0.155 e. The Morgan fingerprint density at radius 1 is 1.35 bits per heavy atom. The molecule has 1 aromatic carbocycles. The van der Waals surface area contributed by atoms with Gasteiger partial charge in [0.05, 0.1) is 10.5 Å². The SMILES string of the molecule is CC(C)(C)S(=O)(=O)CCC(F)c1cccc2c1NCC2. The van der Waals surface area contributed by atoms with E-state index < -0.39 is 20.8 Å². The summed E-state index contributed by atoms with van der Waals surface area (Å²) in [7, 11) is -3.28. The number of rotatable bonds is 4. The molecule has 112 valence electrons. The van der Waals surface area contributed by atoms with Crippen molar-refractivity contribution in [2.45, 2.75) is 44.5 Å². The summed E-state index contributed by atoms with van der Waals surface area (Å²) in [6.07, 6.45) is -0.332. The summed E-state index contributed by atoms with van der Waals surface area (Å²) in [5.41, 5.74) is 2.56. The number of halogens is 1. The zero-order valence-electron chi connectivity index (χ0n) is 12.2. The zero-order chi connectivity index (χ0) is 15.0. The fourth-order valence-electron chi connectivity index (χ4n) is 2.35. The van der Waals surface area contributed by atoms with Crippen molar-refractivity contribution < 1.29 is 12.8 Å². The van der Waals surface area contributed by atoms with E-state index in [-0.39, 0.29) is 12.2 Å². The molecule has 0 radical (unpaired) electrons. The quantitative estimate of drug-likeness (QED) is 0.928. The molecule has 0 aromatic heterocycles. The first-order chi connectivity index (χ1) is 9.22. The van der Waals surface area contributed by atoms with Gasteiger partial charge in [-0.05, 0) is 39.2 Å². The molecular weight excluding hydrogens is 277 g/mol. The molecule has 5 heteroatoms. The first kappa shape index (κ1) is 15.3. The second-order valence-corrected chi connectivity index (χ2v) is 9.11. The maximum atomic E-state index is 14.4. The first-order valence-electron chi connectivity index (χ1n) is 6.94. The molecule has 1 aromatic rings. The fourth-order valence-corrected chi connectivity index (χ4v) is 3.48. The molecule has 2 rings (SSSR count). The van der Waals surface area contributed by atoms with Crippen molar-refractivity contribution in [3.05, 3.63) is 29.3 Å². The Morgan fingerprint density at radius 3 is 2.70 bits per heavy atom. The van der Waals surface area contributed by atoms with E-state index in [4.69, 9.17) is 0 Å². The minimum Gasteiger partial charge on any atom is -0.384 e. The molecule has 0 bridgehead atoms. The Morgan fingerprint density at radius 2 is 2.05 bits per heavy atom. The normalized spacial score (nSPS) is 16.6. The van der Waals surface area contributed by atoms with E-state index in [1.165, 1.54) is 0 Å². The number of sulfone groups is 1. The lowest BCUT2D eigenvalue weighted by atomic mass is 10.0. The fraction of sp³-hybridized carbons (Fsp3) is 0.600. The van der Waals surface area contributed by atoms with E-state index >= 15 is 0 Å². The third-order valence-electron chi connectivity index (χ3n) is 3.79. The Hall–Kier alpha value is -1.10. The van der Waals surface area contributed by atoms with Gasteiger partial charge in [0, 0.05) is 17.8 Å². The topological polar surface area (TPSA) is 46.2 Å². The highest BCUT2D eigenvalue weighted by Gasteiger charge is 2.30. The van der Waals surface area contributed by atoms with Crippen LogP contribution in [0.4, 0.5) is 10.1 Å².